The van der Waals surface area contributed by atoms with Gasteiger partial charge in [-0.15, -0.1) is 0 Å². The van der Waals surface area contributed by atoms with Crippen molar-refractivity contribution < 1.29 is 23.9 Å². The third-order valence-electron chi connectivity index (χ3n) is 4.33. The predicted molar refractivity (Wildman–Crippen MR) is 123 cm³/mol. The average molecular weight is 481 g/mol. The van der Waals surface area contributed by atoms with Gasteiger partial charge >= 0.3 is 12.1 Å². The number of amides is 2. The van der Waals surface area contributed by atoms with Crippen molar-refractivity contribution in [1.82, 2.24) is 10.6 Å². The Bertz CT molecular complexity index is 967. The summed E-state index contributed by atoms with van der Waals surface area (Å²) >= 11 is 12.2. The lowest BCUT2D eigenvalue weighted by Gasteiger charge is -2.25. The Morgan fingerprint density at radius 3 is 1.97 bits per heavy atom. The highest BCUT2D eigenvalue weighted by molar-refractivity contribution is 6.34. The minimum atomic E-state index is -1.10. The molecule has 2 N–H and O–H groups in total. The van der Waals surface area contributed by atoms with Crippen molar-refractivity contribution in [3.05, 3.63) is 69.2 Å². The molecule has 0 aliphatic rings. The van der Waals surface area contributed by atoms with Crippen molar-refractivity contribution >= 4 is 41.2 Å². The SMILES string of the molecule is COC(=O)c1ccc(C(C)NC(=O)C(NC(=O)OC(C)(C)C)c2cc(Cl)cc(Cl)c2)cc1. The number of hydrogen-bond acceptors (Lipinski definition) is 5. The van der Waals surface area contributed by atoms with Crippen LogP contribution in [0, 0.1) is 0 Å². The van der Waals surface area contributed by atoms with Gasteiger partial charge in [0.25, 0.3) is 0 Å². The van der Waals surface area contributed by atoms with E-state index in [1.807, 2.05) is 0 Å². The molecule has 0 bridgehead atoms. The highest BCUT2D eigenvalue weighted by Gasteiger charge is 2.27. The van der Waals surface area contributed by atoms with Crippen molar-refractivity contribution in [2.75, 3.05) is 7.11 Å². The van der Waals surface area contributed by atoms with Gasteiger partial charge < -0.3 is 20.1 Å². The zero-order valence-electron chi connectivity index (χ0n) is 18.5. The smallest absolute Gasteiger partial charge is 0.408 e. The molecule has 32 heavy (non-hydrogen) atoms. The van der Waals surface area contributed by atoms with Gasteiger partial charge in [-0.1, -0.05) is 35.3 Å². The van der Waals surface area contributed by atoms with Crippen LogP contribution in [0.4, 0.5) is 4.79 Å². The van der Waals surface area contributed by atoms with E-state index in [1.54, 1.807) is 64.1 Å². The van der Waals surface area contributed by atoms with E-state index in [-0.39, 0.29) is 0 Å². The van der Waals surface area contributed by atoms with Crippen LogP contribution in [0.1, 0.15) is 61.3 Å². The van der Waals surface area contributed by atoms with Gasteiger partial charge in [-0.3, -0.25) is 4.79 Å². The second-order valence-electron chi connectivity index (χ2n) is 8.13. The topological polar surface area (TPSA) is 93.7 Å². The molecular weight excluding hydrogens is 455 g/mol. The predicted octanol–water partition coefficient (Wildman–Crippen LogP) is 5.22. The van der Waals surface area contributed by atoms with Crippen LogP contribution in [0.15, 0.2) is 42.5 Å². The third kappa shape index (κ3) is 7.43. The van der Waals surface area contributed by atoms with Crippen molar-refractivity contribution in [3.63, 3.8) is 0 Å². The molecule has 2 aromatic rings. The summed E-state index contributed by atoms with van der Waals surface area (Å²) in [5.74, 6) is -0.938. The maximum Gasteiger partial charge on any atom is 0.408 e. The lowest BCUT2D eigenvalue weighted by molar-refractivity contribution is -0.124. The van der Waals surface area contributed by atoms with Crippen LogP contribution in [0.3, 0.4) is 0 Å². The Kier molecular flexibility index (Phi) is 8.52. The zero-order valence-corrected chi connectivity index (χ0v) is 20.0. The maximum atomic E-state index is 13.1. The molecule has 0 aliphatic carbocycles. The lowest BCUT2D eigenvalue weighted by atomic mass is 10.0. The minimum Gasteiger partial charge on any atom is -0.465 e. The highest BCUT2D eigenvalue weighted by atomic mass is 35.5. The molecule has 0 saturated heterocycles. The normalized spacial score (nSPS) is 13.0. The largest absolute Gasteiger partial charge is 0.465 e. The number of halogens is 2. The number of ether oxygens (including phenoxy) is 2. The van der Waals surface area contributed by atoms with E-state index in [2.05, 4.69) is 10.6 Å². The molecule has 2 amide bonds. The standard InChI is InChI=1S/C23H26Cl2N2O5/c1-13(14-6-8-15(9-7-14)21(29)31-5)26-20(28)19(27-22(30)32-23(2,3)4)16-10-17(24)12-18(25)11-16/h6-13,19H,1-5H3,(H,26,28)(H,27,30). The summed E-state index contributed by atoms with van der Waals surface area (Å²) < 4.78 is 9.99. The van der Waals surface area contributed by atoms with Crippen molar-refractivity contribution in [3.8, 4) is 0 Å². The van der Waals surface area contributed by atoms with Gasteiger partial charge in [0.05, 0.1) is 18.7 Å². The summed E-state index contributed by atoms with van der Waals surface area (Å²) in [6.45, 7) is 6.94. The summed E-state index contributed by atoms with van der Waals surface area (Å²) in [5.41, 5.74) is 0.809. The molecular formula is C23H26Cl2N2O5. The summed E-state index contributed by atoms with van der Waals surface area (Å²) in [5, 5.41) is 6.08. The molecule has 0 aromatic heterocycles. The van der Waals surface area contributed by atoms with Crippen LogP contribution >= 0.6 is 23.2 Å². The molecule has 2 unspecified atom stereocenters. The summed E-state index contributed by atoms with van der Waals surface area (Å²) in [7, 11) is 1.30. The van der Waals surface area contributed by atoms with E-state index in [9.17, 15) is 14.4 Å². The van der Waals surface area contributed by atoms with Crippen LogP contribution in [0.5, 0.6) is 0 Å². The molecule has 0 spiro atoms. The fourth-order valence-corrected chi connectivity index (χ4v) is 3.42. The van der Waals surface area contributed by atoms with Gasteiger partial charge in [0.2, 0.25) is 5.91 Å². The third-order valence-corrected chi connectivity index (χ3v) is 4.77. The molecule has 0 heterocycles. The number of benzene rings is 2. The first kappa shape index (κ1) is 25.5. The van der Waals surface area contributed by atoms with Gasteiger partial charge in [-0.05, 0) is 69.2 Å². The molecule has 2 aromatic carbocycles. The molecule has 172 valence electrons. The molecule has 2 atom stereocenters. The molecule has 0 aliphatic heterocycles. The number of hydrogen-bond donors (Lipinski definition) is 2. The summed E-state index contributed by atoms with van der Waals surface area (Å²) in [6, 6.07) is 9.74. The number of carbonyl (C=O) groups is 3. The number of carbonyl (C=O) groups excluding carboxylic acids is 3. The van der Waals surface area contributed by atoms with Crippen molar-refractivity contribution in [2.45, 2.75) is 45.4 Å². The van der Waals surface area contributed by atoms with Gasteiger partial charge in [0.1, 0.15) is 11.6 Å². The maximum absolute atomic E-state index is 13.1. The average Bonchev–Trinajstić information content (AvgIpc) is 2.69. The van der Waals surface area contributed by atoms with Gasteiger partial charge in [0, 0.05) is 10.0 Å². The Balaban J connectivity index is 2.24. The number of nitrogens with one attached hydrogen (secondary N) is 2. The van der Waals surface area contributed by atoms with Crippen molar-refractivity contribution in [2.24, 2.45) is 0 Å². The monoisotopic (exact) mass is 480 g/mol. The van der Waals surface area contributed by atoms with Crippen LogP contribution in [-0.4, -0.2) is 30.7 Å². The van der Waals surface area contributed by atoms with Gasteiger partial charge in [-0.25, -0.2) is 9.59 Å². The van der Waals surface area contributed by atoms with Gasteiger partial charge in [0.15, 0.2) is 0 Å². The molecule has 7 nitrogen and oxygen atoms in total. The number of methoxy groups -OCH3 is 1. The second kappa shape index (κ2) is 10.7. The first-order chi connectivity index (χ1) is 14.9. The Labute approximate surface area is 197 Å². The first-order valence-electron chi connectivity index (χ1n) is 9.84. The molecule has 0 saturated carbocycles. The van der Waals surface area contributed by atoms with E-state index in [0.29, 0.717) is 21.2 Å². The summed E-state index contributed by atoms with van der Waals surface area (Å²) in [4.78, 5) is 37.1. The van der Waals surface area contributed by atoms with E-state index in [0.717, 1.165) is 5.56 Å². The molecule has 9 heteroatoms. The first-order valence-corrected chi connectivity index (χ1v) is 10.6. The fourth-order valence-electron chi connectivity index (χ4n) is 2.87. The minimum absolute atomic E-state index is 0.322. The number of esters is 1. The summed E-state index contributed by atoms with van der Waals surface area (Å²) in [6.07, 6.45) is -0.760. The Morgan fingerprint density at radius 1 is 0.906 bits per heavy atom. The van der Waals surface area contributed by atoms with Crippen molar-refractivity contribution in [1.29, 1.82) is 0 Å². The van der Waals surface area contributed by atoms with Gasteiger partial charge in [-0.2, -0.15) is 0 Å². The van der Waals surface area contributed by atoms with Crippen LogP contribution in [-0.2, 0) is 14.3 Å². The van der Waals surface area contributed by atoms with Crippen LogP contribution in [0.25, 0.3) is 0 Å². The fraction of sp³-hybridized carbons (Fsp3) is 0.348. The molecule has 2 rings (SSSR count). The van der Waals surface area contributed by atoms with E-state index < -0.39 is 35.7 Å². The Morgan fingerprint density at radius 2 is 1.47 bits per heavy atom. The Hall–Kier alpha value is -2.77. The number of alkyl carbamates (subject to hydrolysis) is 1. The highest BCUT2D eigenvalue weighted by Crippen LogP contribution is 2.25. The van der Waals surface area contributed by atoms with E-state index in [4.69, 9.17) is 32.7 Å². The quantitative estimate of drug-likeness (QED) is 0.552. The second-order valence-corrected chi connectivity index (χ2v) is 9.00. The van der Waals surface area contributed by atoms with Crippen LogP contribution in [0.2, 0.25) is 10.0 Å². The van der Waals surface area contributed by atoms with E-state index in [1.165, 1.54) is 13.2 Å². The van der Waals surface area contributed by atoms with Crippen LogP contribution < -0.4 is 10.6 Å². The number of rotatable bonds is 6. The molecule has 0 radical (unpaired) electrons. The zero-order chi connectivity index (χ0) is 24.1. The van der Waals surface area contributed by atoms with E-state index >= 15 is 0 Å². The molecule has 0 fully saturated rings. The lowest BCUT2D eigenvalue weighted by Crippen LogP contribution is -2.43.